The zero-order chi connectivity index (χ0) is 99.7. The van der Waals surface area contributed by atoms with Crippen molar-refractivity contribution in [3.8, 4) is 0 Å². The van der Waals surface area contributed by atoms with Crippen LogP contribution in [-0.2, 0) is 90.8 Å². The maximum Gasteiger partial charge on any atom is 0.381 e. The number of carbonyl (C=O) groups excluding carboxylic acids is 14. The minimum atomic E-state index is -4.09. The summed E-state index contributed by atoms with van der Waals surface area (Å²) in [6.07, 6.45) is 34.9. The Labute approximate surface area is 778 Å². The topological polar surface area (TPSA) is 378 Å². The number of Topliss-reactive ketones (excluding diaryl/α,β-unsaturated/α-hetero) is 3. The van der Waals surface area contributed by atoms with Crippen LogP contribution in [0.1, 0.15) is 408 Å². The van der Waals surface area contributed by atoms with Crippen molar-refractivity contribution in [2.75, 3.05) is 33.0 Å². The van der Waals surface area contributed by atoms with E-state index < -0.39 is 187 Å². The monoisotopic (exact) mass is 1930 g/mol. The Morgan fingerprint density at radius 1 is 0.316 bits per heavy atom. The summed E-state index contributed by atoms with van der Waals surface area (Å²) in [7, 11) is 0. The van der Waals surface area contributed by atoms with Crippen LogP contribution < -0.4 is 31.9 Å². The van der Waals surface area contributed by atoms with Crippen molar-refractivity contribution in [1.82, 2.24) is 31.9 Å². The number of amides is 6. The molecular formula is C95H156F12N6O20. The van der Waals surface area contributed by atoms with Gasteiger partial charge in [-0.05, 0) is 51.4 Å². The Hall–Kier alpha value is -7.70. The summed E-state index contributed by atoms with van der Waals surface area (Å²) >= 11 is 0. The lowest BCUT2D eigenvalue weighted by Crippen LogP contribution is -2.52. The quantitative estimate of drug-likeness (QED) is 0.00977. The summed E-state index contributed by atoms with van der Waals surface area (Å²) in [4.78, 5) is 160. The Morgan fingerprint density at radius 2 is 0.594 bits per heavy atom. The molecular weight excluding hydrogens is 1770 g/mol. The summed E-state index contributed by atoms with van der Waals surface area (Å²) in [6.45, 7) is 13.4. The third kappa shape index (κ3) is 54.7. The van der Waals surface area contributed by atoms with E-state index in [0.29, 0.717) is 77.0 Å². The molecule has 0 unspecified atom stereocenters. The molecule has 1 saturated carbocycles. The van der Waals surface area contributed by atoms with Crippen molar-refractivity contribution in [3.63, 3.8) is 0 Å². The number of carbonyl (C=O) groups is 14. The summed E-state index contributed by atoms with van der Waals surface area (Å²) in [5, 5.41) is 22.3. The number of esters is 5. The van der Waals surface area contributed by atoms with Gasteiger partial charge in [0.2, 0.25) is 23.4 Å². The molecule has 5 saturated heterocycles. The van der Waals surface area contributed by atoms with Crippen LogP contribution in [0, 0.1) is 0 Å². The largest absolute Gasteiger partial charge is 0.464 e. The summed E-state index contributed by atoms with van der Waals surface area (Å²) in [6, 6.07) is -5.34. The van der Waals surface area contributed by atoms with Gasteiger partial charge >= 0.3 is 59.5 Å². The number of alkyl halides is 12. The van der Waals surface area contributed by atoms with Gasteiger partial charge in [-0.3, -0.25) is 43.2 Å². The maximum atomic E-state index is 13.9. The molecule has 5 heterocycles. The highest BCUT2D eigenvalue weighted by Gasteiger charge is 2.50. The van der Waals surface area contributed by atoms with Crippen LogP contribution in [0.4, 0.5) is 52.7 Å². The van der Waals surface area contributed by atoms with Crippen LogP contribution in [0.2, 0.25) is 0 Å². The van der Waals surface area contributed by atoms with E-state index >= 15 is 0 Å². The van der Waals surface area contributed by atoms with Gasteiger partial charge in [-0.1, -0.05) is 273 Å². The second-order valence-corrected chi connectivity index (χ2v) is 35.3. The molecule has 0 aromatic carbocycles. The molecule has 7 N–H and O–H groups in total. The zero-order valence-electron chi connectivity index (χ0n) is 79.6. The summed E-state index contributed by atoms with van der Waals surface area (Å²) in [5.74, 6) is -35.0. The number of ether oxygens (including phenoxy) is 5. The van der Waals surface area contributed by atoms with Crippen molar-refractivity contribution in [1.29, 1.82) is 0 Å². The van der Waals surface area contributed by atoms with Crippen molar-refractivity contribution >= 4 is 82.6 Å². The number of hydrogen-bond donors (Lipinski definition) is 7. The van der Waals surface area contributed by atoms with Crippen LogP contribution in [0.25, 0.3) is 0 Å². The normalized spacial score (nSPS) is 18.5. The van der Waals surface area contributed by atoms with Gasteiger partial charge in [-0.2, -0.15) is 43.9 Å². The van der Waals surface area contributed by atoms with Crippen molar-refractivity contribution in [2.45, 2.75) is 485 Å². The second kappa shape index (κ2) is 70.0. The Balaban J connectivity index is 0.000000798. The molecule has 26 nitrogen and oxygen atoms in total. The first-order valence-electron chi connectivity index (χ1n) is 49.2. The van der Waals surface area contributed by atoms with Crippen LogP contribution in [0.15, 0.2) is 0 Å². The Morgan fingerprint density at radius 3 is 0.910 bits per heavy atom. The molecule has 0 radical (unpaired) electrons. The van der Waals surface area contributed by atoms with E-state index in [1.165, 1.54) is 44.9 Å². The average molecular weight is 1930 g/mol. The predicted octanol–water partition coefficient (Wildman–Crippen LogP) is 18.9. The molecule has 0 aromatic rings. The van der Waals surface area contributed by atoms with E-state index in [9.17, 15) is 125 Å². The highest BCUT2D eigenvalue weighted by atomic mass is 19.3. The first-order valence-corrected chi connectivity index (χ1v) is 49.2. The number of unbranched alkanes of at least 4 members (excludes halogenated alkanes) is 35. The lowest BCUT2D eigenvalue weighted by Gasteiger charge is -2.22. The predicted molar refractivity (Wildman–Crippen MR) is 474 cm³/mol. The SMILES string of the molecule is CCCCCCCCC(F)(F)C(=O)CC(=O)N[C@H]1CCOC1=O.CCCCCCCCC(F)(F)C(=O)N[C@H]1CCOC1=O.CCCCCCCCCC(=O)C(F)(F)C(=O)N[C@H]1CCOC1=O.CCCCCCCCCC(F)(F)CC(=O)N[C@H]1CCCC1=O.CCCCCCCCCCC(F)(F)C(=O)N[C@H]1CCOC1=O.CCCCCCCCC[C@@H](O)C(F)(F)C(=O)N[C@H]1CCOC1=O. The van der Waals surface area contributed by atoms with Crippen molar-refractivity contribution in [3.05, 3.63) is 0 Å². The van der Waals surface area contributed by atoms with E-state index in [-0.39, 0.29) is 90.2 Å². The number of rotatable bonds is 64. The van der Waals surface area contributed by atoms with Gasteiger partial charge in [0.25, 0.3) is 29.6 Å². The van der Waals surface area contributed by atoms with E-state index in [4.69, 9.17) is 0 Å². The van der Waals surface area contributed by atoms with Crippen LogP contribution in [0.5, 0.6) is 0 Å². The molecule has 6 rings (SSSR count). The maximum absolute atomic E-state index is 13.9. The van der Waals surface area contributed by atoms with Gasteiger partial charge in [0.15, 0.2) is 5.78 Å². The molecule has 0 aromatic heterocycles. The lowest BCUT2D eigenvalue weighted by atomic mass is 10.0. The lowest BCUT2D eigenvalue weighted by molar-refractivity contribution is -0.166. The zero-order valence-corrected chi connectivity index (χ0v) is 79.6. The minimum Gasteiger partial charge on any atom is -0.464 e. The molecule has 0 bridgehead atoms. The molecule has 38 heteroatoms. The molecule has 7 atom stereocenters. The Kier molecular flexibility index (Phi) is 64.9. The van der Waals surface area contributed by atoms with Gasteiger partial charge in [0.05, 0.1) is 51.9 Å². The van der Waals surface area contributed by atoms with Gasteiger partial charge in [-0.25, -0.2) is 32.8 Å². The van der Waals surface area contributed by atoms with Crippen LogP contribution in [-0.4, -0.2) is 199 Å². The highest BCUT2D eigenvalue weighted by molar-refractivity contribution is 6.08. The summed E-state index contributed by atoms with van der Waals surface area (Å²) < 4.78 is 188. The molecule has 6 aliphatic rings. The number of aliphatic hydroxyl groups is 1. The number of nitrogens with one attached hydrogen (secondary N) is 6. The summed E-state index contributed by atoms with van der Waals surface area (Å²) in [5.41, 5.74) is 0. The molecule has 133 heavy (non-hydrogen) atoms. The standard InChI is InChI=1S/C17H29F2NO2.C16H25F2NO4.C16H27F2NO4.C16H25F2NO4.C16H27F2NO3.C14H23F2NO3/c1-2-3-4-5-6-7-8-12-17(18,19)13-16(22)20-14-10-9-11-15(14)21;1-2-3-4-5-6-7-9-16(17,18)13(20)11-14(21)19-12-8-10-23-15(12)22;2*1-2-3-4-5-6-7-8-9-13(20)16(17,18)15(22)19-12-10-11-23-14(12)21;1-2-3-4-5-6-7-8-9-11-16(17,18)15(21)19-13-10-12-22-14(13)20;1-2-3-4-5-6-7-9-14(15,16)13(19)17-11-8-10-20-12(11)18/h14H,2-13H2,1H3,(H,20,22);12H,2-11H2,1H3,(H,19,21);12-13,20H,2-11H2,1H3,(H,19,22);12H,2-11H2,1H3,(H,19,22);13H,2-12H2,1H3,(H,19,21);11H,2-10H2,1H3,(H,17,19)/t14-;12-;12-,13+;12-;13-;11-/m000000/s1. The van der Waals surface area contributed by atoms with Crippen LogP contribution in [0.3, 0.4) is 0 Å². The van der Waals surface area contributed by atoms with Crippen LogP contribution >= 0.6 is 0 Å². The highest BCUT2D eigenvalue weighted by Crippen LogP contribution is 2.32. The van der Waals surface area contributed by atoms with Crippen molar-refractivity contribution < 1.29 is 149 Å². The van der Waals surface area contributed by atoms with E-state index in [1.807, 2.05) is 10.6 Å². The van der Waals surface area contributed by atoms with Crippen molar-refractivity contribution in [2.24, 2.45) is 0 Å². The average Bonchev–Trinajstić information content (AvgIpc) is 1.79. The molecule has 0 spiro atoms. The molecule has 770 valence electrons. The first-order chi connectivity index (χ1) is 63.0. The molecule has 6 fully saturated rings. The number of ketones is 3. The second-order valence-electron chi connectivity index (χ2n) is 35.3. The third-order valence-electron chi connectivity index (χ3n) is 23.3. The fourth-order valence-corrected chi connectivity index (χ4v) is 14.8. The van der Waals surface area contributed by atoms with E-state index in [2.05, 4.69) is 86.5 Å². The third-order valence-corrected chi connectivity index (χ3v) is 23.3. The van der Waals surface area contributed by atoms with E-state index in [1.54, 1.807) is 0 Å². The van der Waals surface area contributed by atoms with Gasteiger partial charge in [0.1, 0.15) is 36.3 Å². The van der Waals surface area contributed by atoms with Gasteiger partial charge in [0, 0.05) is 70.6 Å². The smallest absolute Gasteiger partial charge is 0.381 e. The fourth-order valence-electron chi connectivity index (χ4n) is 14.8. The minimum absolute atomic E-state index is 0.0382. The van der Waals surface area contributed by atoms with Gasteiger partial charge in [-0.15, -0.1) is 0 Å². The first kappa shape index (κ1) is 123. The van der Waals surface area contributed by atoms with E-state index in [0.717, 1.165) is 161 Å². The Bertz CT molecular complexity index is 3400. The number of hydrogen-bond acceptors (Lipinski definition) is 20. The number of cyclic esters (lactones) is 5. The molecule has 6 amide bonds. The van der Waals surface area contributed by atoms with Gasteiger partial charge < -0.3 is 60.7 Å². The fraction of sp³-hybridized carbons (Fsp3) is 0.853. The molecule has 1 aliphatic carbocycles. The number of aliphatic hydroxyl groups excluding tert-OH is 1. The molecule has 5 aliphatic heterocycles. The number of halogens is 12.